The Labute approximate surface area is 218 Å². The van der Waals surface area contributed by atoms with Gasteiger partial charge in [0.25, 0.3) is 15.9 Å². The highest BCUT2D eigenvalue weighted by molar-refractivity contribution is 7.92. The summed E-state index contributed by atoms with van der Waals surface area (Å²) < 4.78 is 34.4. The van der Waals surface area contributed by atoms with Crippen molar-refractivity contribution in [3.05, 3.63) is 126 Å². The number of anilines is 1. The van der Waals surface area contributed by atoms with Crippen molar-refractivity contribution >= 4 is 21.6 Å². The molecule has 0 spiro atoms. The number of para-hydroxylation sites is 1. The zero-order chi connectivity index (χ0) is 26.3. The molecule has 0 fully saturated rings. The molecule has 1 N–H and O–H groups in total. The van der Waals surface area contributed by atoms with Gasteiger partial charge in [-0.2, -0.15) is 0 Å². The van der Waals surface area contributed by atoms with Gasteiger partial charge in [-0.1, -0.05) is 72.8 Å². The predicted octanol–water partition coefficient (Wildman–Crippen LogP) is 5.97. The summed E-state index contributed by atoms with van der Waals surface area (Å²) in [6.45, 7) is 4.47. The number of rotatable bonds is 10. The Morgan fingerprint density at radius 3 is 2.08 bits per heavy atom. The number of nitrogens with zero attached hydrogens (tertiary/aromatic N) is 1. The lowest BCUT2D eigenvalue weighted by atomic mass is 10.1. The van der Waals surface area contributed by atoms with Crippen molar-refractivity contribution in [1.29, 1.82) is 0 Å². The number of amides is 1. The van der Waals surface area contributed by atoms with E-state index in [0.717, 1.165) is 16.9 Å². The van der Waals surface area contributed by atoms with E-state index in [2.05, 4.69) is 5.32 Å². The van der Waals surface area contributed by atoms with Crippen molar-refractivity contribution < 1.29 is 17.9 Å². The van der Waals surface area contributed by atoms with Crippen LogP contribution >= 0.6 is 0 Å². The Bertz CT molecular complexity index is 1420. The van der Waals surface area contributed by atoms with Crippen LogP contribution in [-0.4, -0.2) is 20.9 Å². The SMILES string of the molecule is CCOc1ccc([C@@H](C)NC(=O)c2ccccc2N(Cc2ccccc2)S(=O)(=O)c2ccccc2)cc1. The molecule has 4 aromatic carbocycles. The van der Waals surface area contributed by atoms with E-state index in [4.69, 9.17) is 4.74 Å². The van der Waals surface area contributed by atoms with Crippen LogP contribution in [0.1, 0.15) is 41.4 Å². The minimum atomic E-state index is -3.96. The maximum absolute atomic E-state index is 13.8. The molecule has 6 nitrogen and oxygen atoms in total. The molecule has 0 unspecified atom stereocenters. The first-order valence-electron chi connectivity index (χ1n) is 12.1. The zero-order valence-electron chi connectivity index (χ0n) is 20.9. The number of hydrogen-bond acceptors (Lipinski definition) is 4. The Balaban J connectivity index is 1.68. The molecule has 0 aromatic heterocycles. The normalized spacial score (nSPS) is 11.9. The smallest absolute Gasteiger partial charge is 0.264 e. The molecule has 4 aromatic rings. The highest BCUT2D eigenvalue weighted by Gasteiger charge is 2.29. The fourth-order valence-corrected chi connectivity index (χ4v) is 5.52. The van der Waals surface area contributed by atoms with Crippen molar-refractivity contribution in [2.75, 3.05) is 10.9 Å². The summed E-state index contributed by atoms with van der Waals surface area (Å²) in [5.41, 5.74) is 2.30. The average Bonchev–Trinajstić information content (AvgIpc) is 2.93. The third kappa shape index (κ3) is 6.19. The maximum Gasteiger partial charge on any atom is 0.264 e. The van der Waals surface area contributed by atoms with Crippen molar-refractivity contribution in [2.24, 2.45) is 0 Å². The van der Waals surface area contributed by atoms with Crippen LogP contribution < -0.4 is 14.4 Å². The van der Waals surface area contributed by atoms with Crippen molar-refractivity contribution in [3.63, 3.8) is 0 Å². The number of benzene rings is 4. The van der Waals surface area contributed by atoms with Crippen LogP contribution in [0.4, 0.5) is 5.69 Å². The number of carbonyl (C=O) groups excluding carboxylic acids is 1. The van der Waals surface area contributed by atoms with Crippen LogP contribution in [0.2, 0.25) is 0 Å². The number of sulfonamides is 1. The van der Waals surface area contributed by atoms with Gasteiger partial charge in [-0.25, -0.2) is 8.42 Å². The lowest BCUT2D eigenvalue weighted by molar-refractivity contribution is 0.0940. The Morgan fingerprint density at radius 2 is 1.43 bits per heavy atom. The fourth-order valence-electron chi connectivity index (χ4n) is 4.03. The summed E-state index contributed by atoms with van der Waals surface area (Å²) in [6, 6.07) is 31.6. The van der Waals surface area contributed by atoms with Crippen LogP contribution in [0, 0.1) is 0 Å². The monoisotopic (exact) mass is 514 g/mol. The van der Waals surface area contributed by atoms with E-state index in [9.17, 15) is 13.2 Å². The average molecular weight is 515 g/mol. The zero-order valence-corrected chi connectivity index (χ0v) is 21.7. The van der Waals surface area contributed by atoms with Gasteiger partial charge in [0, 0.05) is 0 Å². The van der Waals surface area contributed by atoms with Gasteiger partial charge < -0.3 is 10.1 Å². The molecule has 0 aliphatic rings. The number of nitrogens with one attached hydrogen (secondary N) is 1. The minimum absolute atomic E-state index is 0.0802. The predicted molar refractivity (Wildman–Crippen MR) is 146 cm³/mol. The maximum atomic E-state index is 13.8. The first-order chi connectivity index (χ1) is 17.9. The van der Waals surface area contributed by atoms with E-state index in [-0.39, 0.29) is 29.0 Å². The van der Waals surface area contributed by atoms with E-state index in [1.165, 1.54) is 4.31 Å². The second-order valence-electron chi connectivity index (χ2n) is 8.52. The minimum Gasteiger partial charge on any atom is -0.494 e. The molecule has 37 heavy (non-hydrogen) atoms. The molecule has 7 heteroatoms. The summed E-state index contributed by atoms with van der Waals surface area (Å²) >= 11 is 0. The van der Waals surface area contributed by atoms with E-state index in [1.807, 2.05) is 68.4 Å². The van der Waals surface area contributed by atoms with Crippen LogP contribution in [-0.2, 0) is 16.6 Å². The van der Waals surface area contributed by atoms with E-state index in [1.54, 1.807) is 54.6 Å². The van der Waals surface area contributed by atoms with E-state index < -0.39 is 10.0 Å². The molecule has 4 rings (SSSR count). The van der Waals surface area contributed by atoms with Crippen LogP contribution in [0.15, 0.2) is 114 Å². The second kappa shape index (κ2) is 11.8. The number of carbonyl (C=O) groups is 1. The molecule has 0 radical (unpaired) electrons. The van der Waals surface area contributed by atoms with Gasteiger partial charge in [0.2, 0.25) is 0 Å². The summed E-state index contributed by atoms with van der Waals surface area (Å²) in [6.07, 6.45) is 0. The molecular weight excluding hydrogens is 484 g/mol. The highest BCUT2D eigenvalue weighted by Crippen LogP contribution is 2.30. The Kier molecular flexibility index (Phi) is 8.25. The Hall–Kier alpha value is -4.10. The van der Waals surface area contributed by atoms with Gasteiger partial charge in [-0.05, 0) is 61.4 Å². The lowest BCUT2D eigenvalue weighted by Gasteiger charge is -2.27. The third-order valence-electron chi connectivity index (χ3n) is 5.96. The first kappa shape index (κ1) is 26.0. The van der Waals surface area contributed by atoms with Gasteiger partial charge in [0.1, 0.15) is 5.75 Å². The molecular formula is C30H30N2O4S. The molecule has 0 aliphatic heterocycles. The van der Waals surface area contributed by atoms with Gasteiger partial charge >= 0.3 is 0 Å². The molecule has 0 aliphatic carbocycles. The third-order valence-corrected chi connectivity index (χ3v) is 7.73. The van der Waals surface area contributed by atoms with E-state index in [0.29, 0.717) is 12.3 Å². The molecule has 0 heterocycles. The molecule has 0 saturated carbocycles. The topological polar surface area (TPSA) is 75.7 Å². The van der Waals surface area contributed by atoms with Crippen molar-refractivity contribution in [1.82, 2.24) is 5.32 Å². The number of hydrogen-bond donors (Lipinski definition) is 1. The van der Waals surface area contributed by atoms with Crippen molar-refractivity contribution in [3.8, 4) is 5.75 Å². The molecule has 190 valence electrons. The van der Waals surface area contributed by atoms with Crippen LogP contribution in [0.5, 0.6) is 5.75 Å². The van der Waals surface area contributed by atoms with Crippen LogP contribution in [0.3, 0.4) is 0 Å². The quantitative estimate of drug-likeness (QED) is 0.283. The highest BCUT2D eigenvalue weighted by atomic mass is 32.2. The molecule has 0 saturated heterocycles. The van der Waals surface area contributed by atoms with E-state index >= 15 is 0 Å². The largest absolute Gasteiger partial charge is 0.494 e. The molecule has 1 amide bonds. The fraction of sp³-hybridized carbons (Fsp3) is 0.167. The van der Waals surface area contributed by atoms with Crippen LogP contribution in [0.25, 0.3) is 0 Å². The van der Waals surface area contributed by atoms with Gasteiger partial charge in [0.15, 0.2) is 0 Å². The molecule has 0 bridgehead atoms. The Morgan fingerprint density at radius 1 is 0.838 bits per heavy atom. The van der Waals surface area contributed by atoms with Gasteiger partial charge in [-0.3, -0.25) is 9.10 Å². The summed E-state index contributed by atoms with van der Waals surface area (Å²) in [7, 11) is -3.96. The van der Waals surface area contributed by atoms with Crippen molar-refractivity contribution in [2.45, 2.75) is 31.3 Å². The second-order valence-corrected chi connectivity index (χ2v) is 10.4. The lowest BCUT2D eigenvalue weighted by Crippen LogP contribution is -2.34. The standard InChI is InChI=1S/C30H30N2O4S/c1-3-36-26-20-18-25(19-21-26)23(2)31-30(33)28-16-10-11-17-29(28)32(22-24-12-6-4-7-13-24)37(34,35)27-14-8-5-9-15-27/h4-21,23H,3,22H2,1-2H3,(H,31,33)/t23-/m1/s1. The summed E-state index contributed by atoms with van der Waals surface area (Å²) in [4.78, 5) is 13.6. The molecule has 1 atom stereocenters. The van der Waals surface area contributed by atoms with Gasteiger partial charge in [0.05, 0.1) is 35.3 Å². The first-order valence-corrected chi connectivity index (χ1v) is 13.6. The summed E-state index contributed by atoms with van der Waals surface area (Å²) in [5.74, 6) is 0.399. The summed E-state index contributed by atoms with van der Waals surface area (Å²) in [5, 5.41) is 3.01. The number of ether oxygens (including phenoxy) is 1. The van der Waals surface area contributed by atoms with Gasteiger partial charge in [-0.15, -0.1) is 0 Å².